The van der Waals surface area contributed by atoms with Crippen LogP contribution >= 0.6 is 0 Å². The molecule has 0 aliphatic rings. The Morgan fingerprint density at radius 1 is 0.373 bits per heavy atom. The Morgan fingerprint density at radius 2 is 0.597 bits per heavy atom. The first-order valence-electron chi connectivity index (χ1n) is 15.0. The number of carbonyl (C=O) groups excluding carboxylic acids is 2. The second-order valence-electron chi connectivity index (χ2n) is 12.4. The summed E-state index contributed by atoms with van der Waals surface area (Å²) in [4.78, 5) is 20.9. The summed E-state index contributed by atoms with van der Waals surface area (Å²) in [7, 11) is -6.33. The van der Waals surface area contributed by atoms with E-state index in [1.54, 1.807) is 0 Å². The van der Waals surface area contributed by atoms with Gasteiger partial charge >= 0.3 is 107 Å². The van der Waals surface area contributed by atoms with Gasteiger partial charge in [0.1, 0.15) is 0 Å². The molecule has 67 heavy (non-hydrogen) atoms. The van der Waals surface area contributed by atoms with Crippen LogP contribution < -0.4 is 0 Å². The van der Waals surface area contributed by atoms with Crippen molar-refractivity contribution in [2.45, 2.75) is 115 Å². The number of alkyl halides is 34. The third-order valence-corrected chi connectivity index (χ3v) is 8.77. The van der Waals surface area contributed by atoms with E-state index in [-0.39, 0.29) is 0 Å². The molecule has 0 aliphatic carbocycles. The second kappa shape index (κ2) is 17.6. The second-order valence-corrected chi connectivity index (χ2v) is 13.9. The Balaban J connectivity index is 6.31. The number of hydrogen-bond donors (Lipinski definition) is 1. The zero-order valence-corrected chi connectivity index (χ0v) is 30.6. The Morgan fingerprint density at radius 3 is 0.836 bits per heavy atom. The first-order valence-corrected chi connectivity index (χ1v) is 16.5. The smallest absolute Gasteiger partial charge is 0.460 e. The monoisotopic (exact) mass is 1100 g/mol. The van der Waals surface area contributed by atoms with Gasteiger partial charge in [-0.2, -0.15) is 158 Å². The van der Waals surface area contributed by atoms with Crippen molar-refractivity contribution in [2.75, 3.05) is 13.2 Å². The SMILES string of the molecule is O=C(/C=C(\CC(=O)OCCC(F)(F)C(F)(F)C(F)(F)C(F)(F)C(F)(F)C(F)(F)C(F)(F)C(F)(F)F)S(=O)(=O)O)OCCC(F)(F)C(F)(F)C(F)(F)C(F)(F)C(F)(F)C(F)(F)C(F)(F)C(F)(F)F. The highest BCUT2D eigenvalue weighted by atomic mass is 32.2. The molecule has 0 spiro atoms. The van der Waals surface area contributed by atoms with Gasteiger partial charge in [-0.1, -0.05) is 0 Å². The third-order valence-electron chi connectivity index (χ3n) is 7.84. The average molecular weight is 1100 g/mol. The van der Waals surface area contributed by atoms with Crippen LogP contribution in [0.5, 0.6) is 0 Å². The molecule has 0 aliphatic heterocycles. The highest BCUT2D eigenvalue weighted by Gasteiger charge is 2.97. The number of ether oxygens (including phenoxy) is 2. The lowest BCUT2D eigenvalue weighted by atomic mass is 9.88. The first kappa shape index (κ1) is 63.2. The average Bonchev–Trinajstić information content (AvgIpc) is 3.08. The summed E-state index contributed by atoms with van der Waals surface area (Å²) in [6, 6.07) is 0. The molecule has 0 radical (unpaired) electrons. The summed E-state index contributed by atoms with van der Waals surface area (Å²) in [5.41, 5.74) is 0. The largest absolute Gasteiger partial charge is 0.465 e. The van der Waals surface area contributed by atoms with Crippen LogP contribution in [0.2, 0.25) is 0 Å². The number of halogens is 34. The van der Waals surface area contributed by atoms with Gasteiger partial charge in [0.2, 0.25) is 0 Å². The van der Waals surface area contributed by atoms with Gasteiger partial charge in [-0.25, -0.2) is 4.79 Å². The molecule has 0 aromatic rings. The minimum atomic E-state index is -9.05. The van der Waals surface area contributed by atoms with Gasteiger partial charge in [-0.15, -0.1) is 0 Å². The van der Waals surface area contributed by atoms with Crippen LogP contribution in [0.1, 0.15) is 19.3 Å². The van der Waals surface area contributed by atoms with Gasteiger partial charge in [-0.05, 0) is 0 Å². The van der Waals surface area contributed by atoms with Crippen molar-refractivity contribution in [3.8, 4) is 0 Å². The summed E-state index contributed by atoms with van der Waals surface area (Å²) in [6.07, 6.45) is -26.8. The maximum absolute atomic E-state index is 14.0. The summed E-state index contributed by atoms with van der Waals surface area (Å²) < 4.78 is 492. The highest BCUT2D eigenvalue weighted by molar-refractivity contribution is 7.89. The van der Waals surface area contributed by atoms with E-state index in [1.807, 2.05) is 0 Å². The molecular formula is C25H12F34O7S. The van der Waals surface area contributed by atoms with Crippen molar-refractivity contribution in [3.05, 3.63) is 11.0 Å². The van der Waals surface area contributed by atoms with Crippen molar-refractivity contribution < 1.29 is 181 Å². The highest BCUT2D eigenvalue weighted by Crippen LogP contribution is 2.66. The van der Waals surface area contributed by atoms with E-state index in [0.29, 0.717) is 0 Å². The van der Waals surface area contributed by atoms with E-state index in [4.69, 9.17) is 4.55 Å². The van der Waals surface area contributed by atoms with Gasteiger partial charge < -0.3 is 9.47 Å². The van der Waals surface area contributed by atoms with E-state index in [0.717, 1.165) is 0 Å². The van der Waals surface area contributed by atoms with Crippen LogP contribution in [0.15, 0.2) is 11.0 Å². The first-order chi connectivity index (χ1) is 28.6. The lowest BCUT2D eigenvalue weighted by Gasteiger charge is -2.42. The van der Waals surface area contributed by atoms with Gasteiger partial charge in [0.25, 0.3) is 10.1 Å². The molecule has 0 fully saturated rings. The van der Waals surface area contributed by atoms with Crippen LogP contribution in [0.25, 0.3) is 0 Å². The summed E-state index contributed by atoms with van der Waals surface area (Å²) in [6.45, 7) is -5.64. The fourth-order valence-corrected chi connectivity index (χ4v) is 4.41. The van der Waals surface area contributed by atoms with Crippen molar-refractivity contribution in [3.63, 3.8) is 0 Å². The molecular weight excluding hydrogens is 1090 g/mol. The summed E-state index contributed by atoms with van der Waals surface area (Å²) in [5.74, 6) is -125. The maximum Gasteiger partial charge on any atom is 0.460 e. The molecule has 0 bridgehead atoms. The maximum atomic E-state index is 14.0. The minimum Gasteiger partial charge on any atom is -0.465 e. The van der Waals surface area contributed by atoms with Crippen LogP contribution in [0, 0.1) is 0 Å². The van der Waals surface area contributed by atoms with E-state index in [9.17, 15) is 167 Å². The Kier molecular flexibility index (Phi) is 16.6. The van der Waals surface area contributed by atoms with Gasteiger partial charge in [0, 0.05) is 6.08 Å². The molecule has 42 heteroatoms. The van der Waals surface area contributed by atoms with Gasteiger partial charge in [0.15, 0.2) is 0 Å². The molecule has 7 nitrogen and oxygen atoms in total. The van der Waals surface area contributed by atoms with Crippen molar-refractivity contribution in [1.82, 2.24) is 0 Å². The number of esters is 2. The van der Waals surface area contributed by atoms with E-state index in [1.165, 1.54) is 0 Å². The van der Waals surface area contributed by atoms with Crippen LogP contribution in [0.3, 0.4) is 0 Å². The van der Waals surface area contributed by atoms with Crippen LogP contribution in [-0.4, -0.2) is 133 Å². The quantitative estimate of drug-likeness (QED) is 0.0498. The molecule has 0 unspecified atom stereocenters. The Bertz CT molecular complexity index is 1940. The Hall–Kier alpha value is -3.79. The van der Waals surface area contributed by atoms with Crippen molar-refractivity contribution in [1.29, 1.82) is 0 Å². The summed E-state index contributed by atoms with van der Waals surface area (Å²) in [5, 5.41) is 0. The predicted octanol–water partition coefficient (Wildman–Crippen LogP) is 11.0. The molecule has 0 atom stereocenters. The van der Waals surface area contributed by atoms with E-state index in [2.05, 4.69) is 9.47 Å². The normalized spacial score (nSPS) is 16.3. The van der Waals surface area contributed by atoms with Crippen LogP contribution in [-0.2, 0) is 29.2 Å². The lowest BCUT2D eigenvalue weighted by molar-refractivity contribution is -0.461. The third kappa shape index (κ3) is 10.00. The topological polar surface area (TPSA) is 107 Å². The van der Waals surface area contributed by atoms with Crippen molar-refractivity contribution >= 4 is 22.1 Å². The molecule has 0 rings (SSSR count). The summed E-state index contributed by atoms with van der Waals surface area (Å²) >= 11 is 0. The molecule has 0 saturated carbocycles. The number of rotatable bonds is 22. The van der Waals surface area contributed by atoms with Crippen molar-refractivity contribution in [2.24, 2.45) is 0 Å². The fourth-order valence-electron chi connectivity index (χ4n) is 3.86. The predicted molar refractivity (Wildman–Crippen MR) is 137 cm³/mol. The minimum absolute atomic E-state index is 1.04. The zero-order valence-electron chi connectivity index (χ0n) is 29.8. The molecule has 398 valence electrons. The van der Waals surface area contributed by atoms with E-state index >= 15 is 0 Å². The molecule has 0 aromatic heterocycles. The molecule has 0 aromatic carbocycles. The van der Waals surface area contributed by atoms with Gasteiger partial charge in [-0.3, -0.25) is 9.35 Å². The fraction of sp³-hybridized carbons (Fsp3) is 0.840. The standard InChI is InChI=1S/C25H12F34O7S/c26-10(27,12(30,31)14(34,35)16(38,39)18(42,43)20(46,47)22(50,51)24(54,55)56)1-3-65-8(60)5-7(67(62,63)64)6-9(61)66-4-2-11(28,29)13(32,33)15(36,37)17(40,41)19(44,45)21(48,49)23(52,53)25(57,58)59/h5H,1-4,6H2,(H,62,63,64)/b7-5+. The number of hydrogen-bond acceptors (Lipinski definition) is 6. The van der Waals surface area contributed by atoms with Gasteiger partial charge in [0.05, 0.1) is 37.4 Å². The molecule has 0 amide bonds. The van der Waals surface area contributed by atoms with Crippen LogP contribution in [0.4, 0.5) is 149 Å². The zero-order chi connectivity index (χ0) is 54.9. The molecule has 1 N–H and O–H groups in total. The Labute approximate surface area is 343 Å². The number of carbonyl (C=O) groups is 2. The molecule has 0 heterocycles. The van der Waals surface area contributed by atoms with E-state index < -0.39 is 161 Å². The lowest BCUT2D eigenvalue weighted by Crippen LogP contribution is -2.74. The molecule has 0 saturated heterocycles.